The number of carbonyl (C=O) groups excluding carboxylic acids is 2. The van der Waals surface area contributed by atoms with Crippen LogP contribution in [0.15, 0.2) is 72.8 Å². The van der Waals surface area contributed by atoms with Crippen LogP contribution >= 0.6 is 0 Å². The van der Waals surface area contributed by atoms with Gasteiger partial charge in [0.1, 0.15) is 23.9 Å². The Labute approximate surface area is 216 Å². The van der Waals surface area contributed by atoms with Crippen LogP contribution in [0, 0.1) is 6.92 Å². The molecule has 3 aromatic carbocycles. The molecule has 1 saturated carbocycles. The number of rotatable bonds is 8. The van der Waals surface area contributed by atoms with Gasteiger partial charge >= 0.3 is 0 Å². The number of nitrogens with one attached hydrogen (secondary N) is 1. The highest BCUT2D eigenvalue weighted by Gasteiger charge is 2.36. The van der Waals surface area contributed by atoms with Crippen LogP contribution in [0.1, 0.15) is 42.9 Å². The Morgan fingerprint density at radius 1 is 1.03 bits per heavy atom. The van der Waals surface area contributed by atoms with Crippen molar-refractivity contribution in [2.75, 3.05) is 12.0 Å². The number of hydrogen-bond acceptors (Lipinski definition) is 5. The third-order valence-corrected chi connectivity index (χ3v) is 7.01. The average molecular weight is 498 g/mol. The van der Waals surface area contributed by atoms with Crippen LogP contribution in [0.5, 0.6) is 5.75 Å². The number of amides is 2. The molecule has 1 aromatic heterocycles. The number of aryl methyl sites for hydroxylation is 1. The van der Waals surface area contributed by atoms with Crippen LogP contribution in [-0.4, -0.2) is 40.0 Å². The van der Waals surface area contributed by atoms with Crippen molar-refractivity contribution in [1.29, 1.82) is 0 Å². The summed E-state index contributed by atoms with van der Waals surface area (Å²) in [6.45, 7) is 1.87. The summed E-state index contributed by atoms with van der Waals surface area (Å²) in [7, 11) is 1.56. The molecule has 8 nitrogen and oxygen atoms in total. The normalized spacial score (nSPS) is 14.4. The number of hydrogen-bond donors (Lipinski definition) is 1. The van der Waals surface area contributed by atoms with Crippen molar-refractivity contribution in [2.45, 2.75) is 51.2 Å². The van der Waals surface area contributed by atoms with Gasteiger partial charge in [-0.3, -0.25) is 14.5 Å². The third-order valence-electron chi connectivity index (χ3n) is 7.01. The maximum absolute atomic E-state index is 14.2. The molecule has 0 bridgehead atoms. The summed E-state index contributed by atoms with van der Waals surface area (Å²) in [6, 6.07) is 21.7. The smallest absolute Gasteiger partial charge is 0.249 e. The van der Waals surface area contributed by atoms with Gasteiger partial charge < -0.3 is 10.1 Å². The summed E-state index contributed by atoms with van der Waals surface area (Å²) in [6.07, 6.45) is 4.07. The molecule has 1 fully saturated rings. The number of fused-ring (bicyclic) bond motifs is 1. The number of para-hydroxylation sites is 3. The van der Waals surface area contributed by atoms with Gasteiger partial charge in [-0.2, -0.15) is 0 Å². The molecule has 0 aliphatic heterocycles. The van der Waals surface area contributed by atoms with E-state index in [-0.39, 0.29) is 24.4 Å². The lowest BCUT2D eigenvalue weighted by atomic mass is 9.97. The van der Waals surface area contributed by atoms with Gasteiger partial charge in [0, 0.05) is 6.04 Å². The number of carbonyl (C=O) groups is 2. The van der Waals surface area contributed by atoms with Gasteiger partial charge in [-0.15, -0.1) is 5.10 Å². The van der Waals surface area contributed by atoms with Gasteiger partial charge in [-0.05, 0) is 55.2 Å². The number of aromatic nitrogens is 3. The Balaban J connectivity index is 1.61. The second-order valence-electron chi connectivity index (χ2n) is 9.42. The van der Waals surface area contributed by atoms with Crippen molar-refractivity contribution in [1.82, 2.24) is 20.3 Å². The maximum Gasteiger partial charge on any atom is 0.249 e. The summed E-state index contributed by atoms with van der Waals surface area (Å²) in [5, 5.41) is 11.6. The summed E-state index contributed by atoms with van der Waals surface area (Å²) >= 11 is 0. The Hall–Kier alpha value is -4.20. The van der Waals surface area contributed by atoms with E-state index < -0.39 is 6.04 Å². The second kappa shape index (κ2) is 10.8. The fourth-order valence-electron chi connectivity index (χ4n) is 5.13. The highest BCUT2D eigenvalue weighted by Crippen LogP contribution is 2.36. The van der Waals surface area contributed by atoms with E-state index in [9.17, 15) is 9.59 Å². The van der Waals surface area contributed by atoms with Gasteiger partial charge in [0.05, 0.1) is 18.3 Å². The zero-order valence-electron chi connectivity index (χ0n) is 21.1. The van der Waals surface area contributed by atoms with Crippen LogP contribution in [0.3, 0.4) is 0 Å². The lowest BCUT2D eigenvalue weighted by Gasteiger charge is -2.33. The minimum absolute atomic E-state index is 0.0857. The minimum atomic E-state index is -0.889. The van der Waals surface area contributed by atoms with Crippen LogP contribution in [0.4, 0.5) is 5.69 Å². The van der Waals surface area contributed by atoms with Crippen LogP contribution < -0.4 is 15.0 Å². The van der Waals surface area contributed by atoms with Gasteiger partial charge in [0.25, 0.3) is 0 Å². The largest absolute Gasteiger partial charge is 0.495 e. The summed E-state index contributed by atoms with van der Waals surface area (Å²) in [5.41, 5.74) is 3.66. The Kier molecular flexibility index (Phi) is 7.16. The Morgan fingerprint density at radius 2 is 1.73 bits per heavy atom. The summed E-state index contributed by atoms with van der Waals surface area (Å²) < 4.78 is 7.22. The lowest BCUT2D eigenvalue weighted by Crippen LogP contribution is -2.47. The fraction of sp³-hybridized carbons (Fsp3) is 0.310. The van der Waals surface area contributed by atoms with E-state index in [0.717, 1.165) is 42.3 Å². The maximum atomic E-state index is 14.2. The minimum Gasteiger partial charge on any atom is -0.495 e. The number of ether oxygens (including phenoxy) is 1. The SMILES string of the molecule is COc1ccccc1N(C(=O)Cn1nnc2ccccc21)C(C(=O)NC1CCCC1)c1ccccc1C. The first-order valence-corrected chi connectivity index (χ1v) is 12.7. The van der Waals surface area contributed by atoms with E-state index in [4.69, 9.17) is 4.74 Å². The van der Waals surface area contributed by atoms with Crippen LogP contribution in [0.25, 0.3) is 11.0 Å². The molecule has 190 valence electrons. The molecule has 5 rings (SSSR count). The molecule has 37 heavy (non-hydrogen) atoms. The number of nitrogens with zero attached hydrogens (tertiary/aromatic N) is 4. The number of benzene rings is 3. The van der Waals surface area contributed by atoms with Crippen molar-refractivity contribution in [3.8, 4) is 5.75 Å². The average Bonchev–Trinajstić information content (AvgIpc) is 3.58. The van der Waals surface area contributed by atoms with Crippen molar-refractivity contribution in [3.63, 3.8) is 0 Å². The zero-order chi connectivity index (χ0) is 25.8. The first kappa shape index (κ1) is 24.5. The van der Waals surface area contributed by atoms with Gasteiger partial charge in [0.2, 0.25) is 11.8 Å². The Morgan fingerprint density at radius 3 is 2.51 bits per heavy atom. The molecular formula is C29H31N5O3. The van der Waals surface area contributed by atoms with Crippen molar-refractivity contribution in [3.05, 3.63) is 83.9 Å². The van der Waals surface area contributed by atoms with Crippen LogP contribution in [0.2, 0.25) is 0 Å². The summed E-state index contributed by atoms with van der Waals surface area (Å²) in [4.78, 5) is 29.8. The highest BCUT2D eigenvalue weighted by molar-refractivity contribution is 6.02. The molecule has 0 radical (unpaired) electrons. The monoisotopic (exact) mass is 497 g/mol. The standard InChI is InChI=1S/C29H31N5O3/c1-20-11-3-6-14-22(20)28(29(36)30-21-12-4-5-13-21)34(25-17-9-10-18-26(25)37-2)27(35)19-33-24-16-8-7-15-23(24)31-32-33/h3,6-11,14-18,21,28H,4-5,12-13,19H2,1-2H3,(H,30,36). The second-order valence-corrected chi connectivity index (χ2v) is 9.42. The van der Waals surface area contributed by atoms with E-state index in [1.54, 1.807) is 22.8 Å². The lowest BCUT2D eigenvalue weighted by molar-refractivity contribution is -0.127. The summed E-state index contributed by atoms with van der Waals surface area (Å²) in [5.74, 6) is 0.00503. The number of anilines is 1. The van der Waals surface area contributed by atoms with Crippen molar-refractivity contribution >= 4 is 28.5 Å². The Bertz CT molecular complexity index is 1410. The molecule has 1 unspecified atom stereocenters. The molecule has 1 atom stereocenters. The molecule has 0 saturated heterocycles. The zero-order valence-corrected chi connectivity index (χ0v) is 21.1. The van der Waals surface area contributed by atoms with Crippen molar-refractivity contribution < 1.29 is 14.3 Å². The van der Waals surface area contributed by atoms with E-state index >= 15 is 0 Å². The predicted octanol–water partition coefficient (Wildman–Crippen LogP) is 4.58. The first-order chi connectivity index (χ1) is 18.1. The first-order valence-electron chi connectivity index (χ1n) is 12.7. The molecule has 1 N–H and O–H groups in total. The van der Waals surface area contributed by atoms with E-state index in [1.807, 2.05) is 73.7 Å². The molecule has 2 amide bonds. The molecule has 4 aromatic rings. The fourth-order valence-corrected chi connectivity index (χ4v) is 5.13. The predicted molar refractivity (Wildman–Crippen MR) is 142 cm³/mol. The quantitative estimate of drug-likeness (QED) is 0.385. The van der Waals surface area contributed by atoms with Gasteiger partial charge in [-0.1, -0.05) is 66.6 Å². The number of methoxy groups -OCH3 is 1. The molecule has 8 heteroatoms. The van der Waals surface area contributed by atoms with E-state index in [2.05, 4.69) is 15.6 Å². The molecule has 0 spiro atoms. The molecule has 1 heterocycles. The highest BCUT2D eigenvalue weighted by atomic mass is 16.5. The van der Waals surface area contributed by atoms with Crippen LogP contribution in [-0.2, 0) is 16.1 Å². The van der Waals surface area contributed by atoms with Gasteiger partial charge in [0.15, 0.2) is 0 Å². The topological polar surface area (TPSA) is 89.3 Å². The molecule has 1 aliphatic carbocycles. The van der Waals surface area contributed by atoms with E-state index in [1.165, 1.54) is 0 Å². The van der Waals surface area contributed by atoms with E-state index in [0.29, 0.717) is 17.0 Å². The molecular weight excluding hydrogens is 466 g/mol. The van der Waals surface area contributed by atoms with Gasteiger partial charge in [-0.25, -0.2) is 4.68 Å². The third kappa shape index (κ3) is 5.05. The molecule has 1 aliphatic rings. The van der Waals surface area contributed by atoms with Crippen molar-refractivity contribution in [2.24, 2.45) is 0 Å².